The van der Waals surface area contributed by atoms with Gasteiger partial charge in [-0.25, -0.2) is 0 Å². The summed E-state index contributed by atoms with van der Waals surface area (Å²) in [4.78, 5) is 56.9. The zero-order valence-corrected chi connectivity index (χ0v) is 20.7. The van der Waals surface area contributed by atoms with Crippen molar-refractivity contribution >= 4 is 34.4 Å². The second kappa shape index (κ2) is 10.4. The molecule has 0 bridgehead atoms. The molecule has 196 valence electrons. The third-order valence-corrected chi connectivity index (χ3v) is 7.87. The van der Waals surface area contributed by atoms with Gasteiger partial charge in [-0.05, 0) is 49.8 Å². The summed E-state index contributed by atoms with van der Waals surface area (Å²) in [5, 5.41) is 15.9. The van der Waals surface area contributed by atoms with E-state index in [1.165, 1.54) is 0 Å². The molecule has 1 aromatic carbocycles. The van der Waals surface area contributed by atoms with Gasteiger partial charge < -0.3 is 30.4 Å². The molecule has 0 saturated carbocycles. The van der Waals surface area contributed by atoms with Crippen LogP contribution in [0.15, 0.2) is 36.4 Å². The number of benzene rings is 1. The molecule has 2 aliphatic heterocycles. The molecule has 3 amide bonds. The van der Waals surface area contributed by atoms with Gasteiger partial charge in [-0.2, -0.15) is 0 Å². The fourth-order valence-electron chi connectivity index (χ4n) is 5.96. The first kappa shape index (κ1) is 25.0. The highest BCUT2D eigenvalue weighted by molar-refractivity contribution is 6.02. The van der Waals surface area contributed by atoms with Gasteiger partial charge in [-0.3, -0.25) is 19.2 Å². The Kier molecular flexibility index (Phi) is 7.01. The highest BCUT2D eigenvalue weighted by atomic mass is 16.5. The van der Waals surface area contributed by atoms with Gasteiger partial charge in [-0.15, -0.1) is 0 Å². The number of rotatable bonds is 8. The molecule has 3 heterocycles. The van der Waals surface area contributed by atoms with E-state index in [4.69, 9.17) is 4.74 Å². The van der Waals surface area contributed by atoms with Gasteiger partial charge >= 0.3 is 0 Å². The standard InChI is InChI=1S/C27H32N4O6/c1-37-23-9-3-8-19-18(23)12-21(29-19)27(36)31-13-16-5-2-7-17(16)24(31)26(35)30-20(22(33)14-32)11-15-6-4-10-28-25(15)34/h2-3,5,8-9,12,15-17,20,24,29,32H,4,6-7,10-11,13-14H2,1H3,(H,28,34)(H,30,35). The number of fused-ring (bicyclic) bond motifs is 2. The molecule has 37 heavy (non-hydrogen) atoms. The zero-order valence-electron chi connectivity index (χ0n) is 20.7. The van der Waals surface area contributed by atoms with Crippen LogP contribution in [0, 0.1) is 17.8 Å². The van der Waals surface area contributed by atoms with Gasteiger partial charge in [0.05, 0.1) is 13.2 Å². The van der Waals surface area contributed by atoms with E-state index in [2.05, 4.69) is 15.6 Å². The number of allylic oxidation sites excluding steroid dienone is 1. The maximum absolute atomic E-state index is 13.7. The average molecular weight is 509 g/mol. The van der Waals surface area contributed by atoms with Gasteiger partial charge in [0.1, 0.15) is 24.1 Å². The van der Waals surface area contributed by atoms with Gasteiger partial charge in [0.2, 0.25) is 11.8 Å². The second-order valence-corrected chi connectivity index (χ2v) is 10.0. The van der Waals surface area contributed by atoms with Crippen molar-refractivity contribution in [1.82, 2.24) is 20.5 Å². The number of carbonyl (C=O) groups is 4. The number of aromatic nitrogens is 1. The summed E-state index contributed by atoms with van der Waals surface area (Å²) in [5.74, 6) is -1.30. The van der Waals surface area contributed by atoms with Crippen molar-refractivity contribution in [2.45, 2.75) is 37.8 Å². The van der Waals surface area contributed by atoms with Gasteiger partial charge in [-0.1, -0.05) is 18.2 Å². The number of H-pyrrole nitrogens is 1. The van der Waals surface area contributed by atoms with Crippen molar-refractivity contribution in [2.24, 2.45) is 17.8 Å². The number of aliphatic hydroxyl groups excluding tert-OH is 1. The number of carbonyl (C=O) groups excluding carboxylic acids is 4. The van der Waals surface area contributed by atoms with Crippen LogP contribution in [-0.4, -0.2) is 77.4 Å². The van der Waals surface area contributed by atoms with Crippen molar-refractivity contribution in [1.29, 1.82) is 0 Å². The molecule has 0 spiro atoms. The molecule has 10 heteroatoms. The van der Waals surface area contributed by atoms with Crippen LogP contribution in [0.25, 0.3) is 10.9 Å². The Bertz CT molecular complexity index is 1250. The Morgan fingerprint density at radius 1 is 1.30 bits per heavy atom. The topological polar surface area (TPSA) is 141 Å². The largest absolute Gasteiger partial charge is 0.496 e. The van der Waals surface area contributed by atoms with Crippen molar-refractivity contribution < 1.29 is 29.0 Å². The maximum atomic E-state index is 13.7. The Morgan fingerprint density at radius 2 is 2.14 bits per heavy atom. The predicted molar refractivity (Wildman–Crippen MR) is 135 cm³/mol. The Hall–Kier alpha value is -3.66. The molecule has 2 aromatic rings. The quantitative estimate of drug-likeness (QED) is 0.395. The van der Waals surface area contributed by atoms with Crippen LogP contribution in [0.4, 0.5) is 0 Å². The van der Waals surface area contributed by atoms with Crippen molar-refractivity contribution in [2.75, 3.05) is 26.8 Å². The predicted octanol–water partition coefficient (Wildman–Crippen LogP) is 1.16. The Balaban J connectivity index is 1.39. The van der Waals surface area contributed by atoms with Gasteiger partial charge in [0.25, 0.3) is 5.91 Å². The Morgan fingerprint density at radius 3 is 2.89 bits per heavy atom. The third kappa shape index (κ3) is 4.73. The van der Waals surface area contributed by atoms with E-state index >= 15 is 0 Å². The number of likely N-dealkylation sites (tertiary alicyclic amines) is 1. The summed E-state index contributed by atoms with van der Waals surface area (Å²) in [5.41, 5.74) is 1.10. The van der Waals surface area contributed by atoms with E-state index < -0.39 is 36.3 Å². The van der Waals surface area contributed by atoms with Crippen LogP contribution in [0.3, 0.4) is 0 Å². The number of hydrogen-bond donors (Lipinski definition) is 4. The van der Waals surface area contributed by atoms with E-state index in [1.807, 2.05) is 30.4 Å². The lowest BCUT2D eigenvalue weighted by Gasteiger charge is -2.30. The molecular formula is C27H32N4O6. The summed E-state index contributed by atoms with van der Waals surface area (Å²) >= 11 is 0. The molecule has 3 aliphatic rings. The number of ether oxygens (including phenoxy) is 1. The molecular weight excluding hydrogens is 476 g/mol. The fourth-order valence-corrected chi connectivity index (χ4v) is 5.96. The van der Waals surface area contributed by atoms with E-state index in [0.717, 1.165) is 17.3 Å². The minimum atomic E-state index is -1.01. The number of hydrogen-bond acceptors (Lipinski definition) is 6. The van der Waals surface area contributed by atoms with Crippen LogP contribution in [0.2, 0.25) is 0 Å². The highest BCUT2D eigenvalue weighted by Crippen LogP contribution is 2.39. The smallest absolute Gasteiger partial charge is 0.271 e. The summed E-state index contributed by atoms with van der Waals surface area (Å²) < 4.78 is 5.41. The van der Waals surface area contributed by atoms with Gasteiger partial charge in [0.15, 0.2) is 5.78 Å². The van der Waals surface area contributed by atoms with Crippen LogP contribution < -0.4 is 15.4 Å². The SMILES string of the molecule is COc1cccc2[nH]c(C(=O)N3CC4C=CCC4C3C(=O)NC(CC3CCCNC3=O)C(=O)CO)cc12. The molecule has 1 aliphatic carbocycles. The minimum absolute atomic E-state index is 0.0368. The number of nitrogens with zero attached hydrogens (tertiary/aromatic N) is 1. The van der Waals surface area contributed by atoms with Crippen molar-refractivity contribution in [3.05, 3.63) is 42.1 Å². The molecule has 5 rings (SSSR count). The van der Waals surface area contributed by atoms with Crippen LogP contribution >= 0.6 is 0 Å². The first-order valence-electron chi connectivity index (χ1n) is 12.8. The molecule has 5 atom stereocenters. The molecule has 2 fully saturated rings. The lowest BCUT2D eigenvalue weighted by molar-refractivity contribution is -0.134. The number of ketones is 1. The molecule has 2 saturated heterocycles. The van der Waals surface area contributed by atoms with Crippen molar-refractivity contribution in [3.8, 4) is 5.75 Å². The average Bonchev–Trinajstić information content (AvgIpc) is 3.62. The highest BCUT2D eigenvalue weighted by Gasteiger charge is 2.49. The van der Waals surface area contributed by atoms with E-state index in [9.17, 15) is 24.3 Å². The van der Waals surface area contributed by atoms with Crippen molar-refractivity contribution in [3.63, 3.8) is 0 Å². The first-order valence-corrected chi connectivity index (χ1v) is 12.8. The third-order valence-electron chi connectivity index (χ3n) is 7.87. The lowest BCUT2D eigenvalue weighted by atomic mass is 9.89. The van der Waals surface area contributed by atoms with E-state index in [1.54, 1.807) is 18.1 Å². The number of amides is 3. The van der Waals surface area contributed by atoms with E-state index in [-0.39, 0.29) is 30.1 Å². The number of piperidine rings is 1. The maximum Gasteiger partial charge on any atom is 0.271 e. The summed E-state index contributed by atoms with van der Waals surface area (Å²) in [6, 6.07) is 5.44. The number of methoxy groups -OCH3 is 1. The normalized spacial score (nSPS) is 25.6. The summed E-state index contributed by atoms with van der Waals surface area (Å²) in [7, 11) is 1.57. The van der Waals surface area contributed by atoms with E-state index in [0.29, 0.717) is 37.4 Å². The number of nitrogens with one attached hydrogen (secondary N) is 3. The van der Waals surface area contributed by atoms with Crippen LogP contribution in [0.5, 0.6) is 5.75 Å². The zero-order chi connectivity index (χ0) is 26.1. The minimum Gasteiger partial charge on any atom is -0.496 e. The summed E-state index contributed by atoms with van der Waals surface area (Å²) in [6.07, 6.45) is 6.23. The monoisotopic (exact) mass is 508 g/mol. The molecule has 10 nitrogen and oxygen atoms in total. The molecule has 4 N–H and O–H groups in total. The first-order chi connectivity index (χ1) is 17.9. The number of Topliss-reactive ketones (excluding diaryl/α,β-unsaturated/α-hetero) is 1. The fraction of sp³-hybridized carbons (Fsp3) is 0.481. The van der Waals surface area contributed by atoms with Gasteiger partial charge in [0, 0.05) is 35.8 Å². The number of aliphatic hydroxyl groups is 1. The lowest BCUT2D eigenvalue weighted by Crippen LogP contribution is -2.54. The molecule has 1 aromatic heterocycles. The Labute approximate surface area is 214 Å². The summed E-state index contributed by atoms with van der Waals surface area (Å²) in [6.45, 7) is 0.237. The number of aromatic amines is 1. The molecule has 0 radical (unpaired) electrons. The van der Waals surface area contributed by atoms with Crippen LogP contribution in [-0.2, 0) is 14.4 Å². The second-order valence-electron chi connectivity index (χ2n) is 10.0. The van der Waals surface area contributed by atoms with Crippen LogP contribution in [0.1, 0.15) is 36.2 Å². The molecule has 5 unspecified atom stereocenters.